The second kappa shape index (κ2) is 7.15. The lowest BCUT2D eigenvalue weighted by molar-refractivity contribution is -0.384. The van der Waals surface area contributed by atoms with Crippen LogP contribution in [0.5, 0.6) is 0 Å². The minimum absolute atomic E-state index is 0.0411. The van der Waals surface area contributed by atoms with Crippen molar-refractivity contribution in [2.75, 3.05) is 0 Å². The summed E-state index contributed by atoms with van der Waals surface area (Å²) in [6.45, 7) is 0. The number of benzene rings is 2. The summed E-state index contributed by atoms with van der Waals surface area (Å²) in [4.78, 5) is 22.1. The lowest BCUT2D eigenvalue weighted by Gasteiger charge is -2.02. The topological polar surface area (TPSA) is 84.6 Å². The molecule has 2 aromatic carbocycles. The average Bonchev–Trinajstić information content (AvgIpc) is 2.49. The first kappa shape index (κ1) is 16.1. The van der Waals surface area contributed by atoms with Crippen molar-refractivity contribution in [1.82, 2.24) is 5.43 Å². The summed E-state index contributed by atoms with van der Waals surface area (Å²) in [5, 5.41) is 14.6. The molecule has 0 unspecified atom stereocenters. The third kappa shape index (κ3) is 3.90. The predicted octanol–water partition coefficient (Wildman–Crippen LogP) is 3.77. The molecule has 1 N–H and O–H groups in total. The molecule has 0 aromatic heterocycles. The molecule has 6 nitrogen and oxygen atoms in total. The van der Waals surface area contributed by atoms with Gasteiger partial charge in [0.2, 0.25) is 0 Å². The average molecular weight is 383 g/mol. The van der Waals surface area contributed by atoms with Crippen molar-refractivity contribution in [2.45, 2.75) is 0 Å². The van der Waals surface area contributed by atoms with Crippen LogP contribution >= 0.6 is 27.5 Å². The number of nitro groups is 1. The number of nitrogens with one attached hydrogen (secondary N) is 1. The summed E-state index contributed by atoms with van der Waals surface area (Å²) in [5.74, 6) is -0.396. The Bertz CT molecular complexity index is 765. The van der Waals surface area contributed by atoms with Crippen LogP contribution in [0.15, 0.2) is 52.0 Å². The maximum absolute atomic E-state index is 11.9. The van der Waals surface area contributed by atoms with E-state index in [1.165, 1.54) is 18.3 Å². The second-order valence-electron chi connectivity index (χ2n) is 4.15. The Hall–Kier alpha value is -2.25. The Morgan fingerprint density at radius 3 is 2.73 bits per heavy atom. The Morgan fingerprint density at radius 1 is 1.32 bits per heavy atom. The summed E-state index contributed by atoms with van der Waals surface area (Å²) in [6.07, 6.45) is 1.30. The summed E-state index contributed by atoms with van der Waals surface area (Å²) in [7, 11) is 0. The zero-order valence-corrected chi connectivity index (χ0v) is 13.3. The van der Waals surface area contributed by atoms with E-state index in [4.69, 9.17) is 11.6 Å². The van der Waals surface area contributed by atoms with Gasteiger partial charge in [-0.3, -0.25) is 14.9 Å². The minimum Gasteiger partial charge on any atom is -0.267 e. The Labute approximate surface area is 139 Å². The van der Waals surface area contributed by atoms with Crippen LogP contribution in [-0.2, 0) is 0 Å². The van der Waals surface area contributed by atoms with Gasteiger partial charge in [0.15, 0.2) is 0 Å². The van der Waals surface area contributed by atoms with E-state index in [1.807, 2.05) is 0 Å². The van der Waals surface area contributed by atoms with Gasteiger partial charge in [0.05, 0.1) is 16.7 Å². The number of carbonyl (C=O) groups excluding carboxylic acids is 1. The fraction of sp³-hybridized carbons (Fsp3) is 0. The van der Waals surface area contributed by atoms with Crippen LogP contribution in [0.2, 0.25) is 5.02 Å². The number of amides is 1. The first-order valence-electron chi connectivity index (χ1n) is 6.01. The van der Waals surface area contributed by atoms with Crippen LogP contribution in [0, 0.1) is 10.1 Å². The SMILES string of the molecule is O=C(NN=Cc1ccc(Cl)c([N+](=O)[O-])c1)c1ccccc1Br. The monoisotopic (exact) mass is 381 g/mol. The van der Waals surface area contributed by atoms with Crippen molar-refractivity contribution in [3.63, 3.8) is 0 Å². The summed E-state index contributed by atoms with van der Waals surface area (Å²) in [6, 6.07) is 11.1. The molecule has 2 aromatic rings. The number of nitrogens with zero attached hydrogens (tertiary/aromatic N) is 2. The normalized spacial score (nSPS) is 10.6. The van der Waals surface area contributed by atoms with Crippen LogP contribution in [-0.4, -0.2) is 17.0 Å². The summed E-state index contributed by atoms with van der Waals surface area (Å²) >= 11 is 8.98. The summed E-state index contributed by atoms with van der Waals surface area (Å²) in [5.41, 5.74) is 3.01. The van der Waals surface area contributed by atoms with Gasteiger partial charge in [-0.2, -0.15) is 5.10 Å². The second-order valence-corrected chi connectivity index (χ2v) is 5.41. The van der Waals surface area contributed by atoms with E-state index < -0.39 is 10.8 Å². The molecule has 0 saturated heterocycles. The number of halogens is 2. The quantitative estimate of drug-likeness (QED) is 0.496. The van der Waals surface area contributed by atoms with Crippen LogP contribution in [0.4, 0.5) is 5.69 Å². The molecule has 2 rings (SSSR count). The van der Waals surface area contributed by atoms with Crippen molar-refractivity contribution in [3.05, 3.63) is 73.2 Å². The smallest absolute Gasteiger partial charge is 0.267 e. The van der Waals surface area contributed by atoms with E-state index in [0.717, 1.165) is 0 Å². The highest BCUT2D eigenvalue weighted by atomic mass is 79.9. The molecule has 0 spiro atoms. The van der Waals surface area contributed by atoms with E-state index >= 15 is 0 Å². The third-order valence-corrected chi connectivity index (χ3v) is 3.68. The molecule has 0 saturated carbocycles. The molecule has 112 valence electrons. The number of hydrazone groups is 1. The maximum Gasteiger partial charge on any atom is 0.288 e. The lowest BCUT2D eigenvalue weighted by atomic mass is 10.2. The first-order chi connectivity index (χ1) is 10.5. The zero-order chi connectivity index (χ0) is 16.1. The largest absolute Gasteiger partial charge is 0.288 e. The third-order valence-electron chi connectivity index (χ3n) is 2.67. The molecular formula is C14H9BrClN3O3. The van der Waals surface area contributed by atoms with Gasteiger partial charge in [0, 0.05) is 16.1 Å². The van der Waals surface area contributed by atoms with Crippen molar-refractivity contribution < 1.29 is 9.72 Å². The molecular weight excluding hydrogens is 374 g/mol. The number of hydrogen-bond acceptors (Lipinski definition) is 4. The first-order valence-corrected chi connectivity index (χ1v) is 7.18. The zero-order valence-electron chi connectivity index (χ0n) is 11.0. The van der Waals surface area contributed by atoms with Crippen molar-refractivity contribution in [3.8, 4) is 0 Å². The molecule has 0 bridgehead atoms. The molecule has 0 aliphatic carbocycles. The number of rotatable bonds is 4. The van der Waals surface area contributed by atoms with Crippen LogP contribution < -0.4 is 5.43 Å². The minimum atomic E-state index is -0.584. The van der Waals surface area contributed by atoms with E-state index in [2.05, 4.69) is 26.5 Å². The van der Waals surface area contributed by atoms with Crippen LogP contribution in [0.3, 0.4) is 0 Å². The lowest BCUT2D eigenvalue weighted by Crippen LogP contribution is -2.18. The van der Waals surface area contributed by atoms with E-state index in [1.54, 1.807) is 30.3 Å². The molecule has 8 heteroatoms. The van der Waals surface area contributed by atoms with E-state index in [0.29, 0.717) is 15.6 Å². The maximum atomic E-state index is 11.9. The highest BCUT2D eigenvalue weighted by Gasteiger charge is 2.12. The Kier molecular flexibility index (Phi) is 5.24. The van der Waals surface area contributed by atoms with Gasteiger partial charge in [-0.15, -0.1) is 0 Å². The molecule has 0 radical (unpaired) electrons. The number of nitro benzene ring substituents is 1. The number of carbonyl (C=O) groups is 1. The van der Waals surface area contributed by atoms with Gasteiger partial charge >= 0.3 is 0 Å². The molecule has 0 aliphatic rings. The number of hydrogen-bond donors (Lipinski definition) is 1. The van der Waals surface area contributed by atoms with Gasteiger partial charge in [0.1, 0.15) is 5.02 Å². The van der Waals surface area contributed by atoms with Crippen LogP contribution in [0.25, 0.3) is 0 Å². The highest BCUT2D eigenvalue weighted by molar-refractivity contribution is 9.10. The Balaban J connectivity index is 2.10. The van der Waals surface area contributed by atoms with Gasteiger partial charge in [0.25, 0.3) is 11.6 Å². The van der Waals surface area contributed by atoms with E-state index in [9.17, 15) is 14.9 Å². The molecule has 0 heterocycles. The highest BCUT2D eigenvalue weighted by Crippen LogP contribution is 2.24. The molecule has 0 aliphatic heterocycles. The Morgan fingerprint density at radius 2 is 2.05 bits per heavy atom. The van der Waals surface area contributed by atoms with Crippen LogP contribution in [0.1, 0.15) is 15.9 Å². The van der Waals surface area contributed by atoms with Crippen molar-refractivity contribution in [2.24, 2.45) is 5.10 Å². The fourth-order valence-electron chi connectivity index (χ4n) is 1.62. The molecule has 22 heavy (non-hydrogen) atoms. The standard InChI is InChI=1S/C14H9BrClN3O3/c15-11-4-2-1-3-10(11)14(20)18-17-8-9-5-6-12(16)13(7-9)19(21)22/h1-8H,(H,18,20). The van der Waals surface area contributed by atoms with Crippen molar-refractivity contribution >= 4 is 45.3 Å². The van der Waals surface area contributed by atoms with Gasteiger partial charge in [-0.25, -0.2) is 5.43 Å². The van der Waals surface area contributed by atoms with Gasteiger partial charge in [-0.1, -0.05) is 29.8 Å². The molecule has 0 fully saturated rings. The predicted molar refractivity (Wildman–Crippen MR) is 87.3 cm³/mol. The summed E-state index contributed by atoms with van der Waals surface area (Å²) < 4.78 is 0.643. The van der Waals surface area contributed by atoms with E-state index in [-0.39, 0.29) is 10.7 Å². The molecule has 1 amide bonds. The van der Waals surface area contributed by atoms with Crippen molar-refractivity contribution in [1.29, 1.82) is 0 Å². The molecule has 0 atom stereocenters. The van der Waals surface area contributed by atoms with Gasteiger partial charge in [-0.05, 0) is 34.1 Å². The van der Waals surface area contributed by atoms with Gasteiger partial charge < -0.3 is 0 Å². The fourth-order valence-corrected chi connectivity index (χ4v) is 2.27.